The Kier molecular flexibility index (Phi) is 4.42. The molecule has 0 N–H and O–H groups in total. The Hall–Kier alpha value is -3.28. The second kappa shape index (κ2) is 6.55. The van der Waals surface area contributed by atoms with Gasteiger partial charge in [0.25, 0.3) is 0 Å². The van der Waals surface area contributed by atoms with Crippen molar-refractivity contribution < 1.29 is 19.4 Å². The van der Waals surface area contributed by atoms with Crippen molar-refractivity contribution in [2.45, 2.75) is 26.4 Å². The van der Waals surface area contributed by atoms with E-state index >= 15 is 0 Å². The molecule has 6 nitrogen and oxygen atoms in total. The van der Waals surface area contributed by atoms with Gasteiger partial charge in [-0.15, -0.1) is 0 Å². The summed E-state index contributed by atoms with van der Waals surface area (Å²) in [5, 5.41) is 25.9. The van der Waals surface area contributed by atoms with Gasteiger partial charge in [-0.2, -0.15) is 4.74 Å². The minimum Gasteiger partial charge on any atom is -0.855 e. The highest BCUT2D eigenvalue weighted by Gasteiger charge is 2.25. The number of carbonyl (C=O) groups excluding carboxylic acids is 1. The van der Waals surface area contributed by atoms with E-state index in [4.69, 9.17) is 4.74 Å². The van der Waals surface area contributed by atoms with Crippen molar-refractivity contribution in [3.8, 4) is 5.88 Å². The van der Waals surface area contributed by atoms with Crippen LogP contribution in [0.5, 0.6) is 5.88 Å². The van der Waals surface area contributed by atoms with Crippen LogP contribution in [0.3, 0.4) is 0 Å². The van der Waals surface area contributed by atoms with Gasteiger partial charge < -0.3 is 15.1 Å². The smallest absolute Gasteiger partial charge is 0.418 e. The van der Waals surface area contributed by atoms with Crippen molar-refractivity contribution in [2.24, 2.45) is 0 Å². The molecule has 0 radical (unpaired) electrons. The van der Waals surface area contributed by atoms with Gasteiger partial charge in [0.05, 0.1) is 16.8 Å². The molecule has 0 spiro atoms. The number of carbonyl (C=O) groups is 1. The molecular formula is C20H19N2O4-. The second-order valence-electron chi connectivity index (χ2n) is 6.85. The molecule has 0 amide bonds. The minimum absolute atomic E-state index is 0.115. The predicted octanol–water partition coefficient (Wildman–Crippen LogP) is 3.76. The summed E-state index contributed by atoms with van der Waals surface area (Å²) in [5.74, 6) is -0.706. The van der Waals surface area contributed by atoms with E-state index in [1.165, 1.54) is 6.21 Å². The van der Waals surface area contributed by atoms with E-state index in [9.17, 15) is 15.1 Å². The lowest BCUT2D eigenvalue weighted by Crippen LogP contribution is -2.27. The standard InChI is InChI=1S/C20H20N2O4/c1-20(2,3)26-19(24)22-16-12-8-7-11-15(16)17(18(22)23)21(25)13-14-9-5-4-6-10-14/h4-13,23H,1-3H3/p-1/b21-13-. The average Bonchev–Trinajstić information content (AvgIpc) is 2.86. The van der Waals surface area contributed by atoms with Gasteiger partial charge in [0, 0.05) is 5.56 Å². The van der Waals surface area contributed by atoms with Gasteiger partial charge in [0.2, 0.25) is 5.69 Å². The summed E-state index contributed by atoms with van der Waals surface area (Å²) in [6.45, 7) is 5.14. The van der Waals surface area contributed by atoms with Crippen molar-refractivity contribution >= 4 is 28.9 Å². The lowest BCUT2D eigenvalue weighted by Gasteiger charge is -2.21. The molecular weight excluding hydrogens is 332 g/mol. The Morgan fingerprint density at radius 2 is 1.69 bits per heavy atom. The number of fused-ring (bicyclic) bond motifs is 1. The Balaban J connectivity index is 2.17. The molecule has 0 unspecified atom stereocenters. The third-order valence-electron chi connectivity index (χ3n) is 3.67. The van der Waals surface area contributed by atoms with Crippen LogP contribution in [0.4, 0.5) is 10.5 Å². The Morgan fingerprint density at radius 1 is 1.08 bits per heavy atom. The molecule has 0 bridgehead atoms. The molecule has 6 heteroatoms. The first kappa shape index (κ1) is 17.5. The first-order valence-corrected chi connectivity index (χ1v) is 8.18. The summed E-state index contributed by atoms with van der Waals surface area (Å²) in [4.78, 5) is 12.5. The molecule has 26 heavy (non-hydrogen) atoms. The fourth-order valence-corrected chi connectivity index (χ4v) is 2.64. The van der Waals surface area contributed by atoms with E-state index in [0.717, 1.165) is 4.57 Å². The molecule has 3 rings (SSSR count). The quantitative estimate of drug-likeness (QED) is 0.305. The van der Waals surface area contributed by atoms with Crippen molar-refractivity contribution in [3.05, 3.63) is 65.4 Å². The molecule has 0 atom stereocenters. The second-order valence-corrected chi connectivity index (χ2v) is 6.85. The number of para-hydroxylation sites is 1. The number of aromatic nitrogens is 1. The lowest BCUT2D eigenvalue weighted by atomic mass is 10.2. The van der Waals surface area contributed by atoms with E-state index in [1.807, 2.05) is 6.07 Å². The van der Waals surface area contributed by atoms with E-state index in [2.05, 4.69) is 0 Å². The van der Waals surface area contributed by atoms with Crippen molar-refractivity contribution in [1.29, 1.82) is 0 Å². The number of ether oxygens (including phenoxy) is 1. The molecule has 0 saturated carbocycles. The average molecular weight is 351 g/mol. The van der Waals surface area contributed by atoms with Crippen LogP contribution in [0.2, 0.25) is 0 Å². The number of hydrogen-bond acceptors (Lipinski definition) is 4. The molecule has 0 saturated heterocycles. The first-order chi connectivity index (χ1) is 12.3. The van der Waals surface area contributed by atoms with Crippen molar-refractivity contribution in [2.75, 3.05) is 0 Å². The molecule has 0 aliphatic carbocycles. The summed E-state index contributed by atoms with van der Waals surface area (Å²) in [6.07, 6.45) is 0.501. The van der Waals surface area contributed by atoms with Crippen LogP contribution in [0, 0.1) is 5.21 Å². The fraction of sp³-hybridized carbons (Fsp3) is 0.200. The van der Waals surface area contributed by atoms with Gasteiger partial charge >= 0.3 is 6.09 Å². The Labute approximate surface area is 151 Å². The van der Waals surface area contributed by atoms with Crippen LogP contribution in [0.1, 0.15) is 26.3 Å². The third kappa shape index (κ3) is 3.39. The molecule has 0 fully saturated rings. The summed E-state index contributed by atoms with van der Waals surface area (Å²) >= 11 is 0. The summed E-state index contributed by atoms with van der Waals surface area (Å²) in [6, 6.07) is 15.6. The SMILES string of the molecule is CC(C)(C)OC(=O)n1c([O-])c(/[N+]([O-])=C/c2ccccc2)c2ccccc21. The highest BCUT2D eigenvalue weighted by molar-refractivity contribution is 6.00. The minimum atomic E-state index is -0.807. The Bertz CT molecular complexity index is 982. The maximum Gasteiger partial charge on any atom is 0.418 e. The molecule has 2 aromatic carbocycles. The van der Waals surface area contributed by atoms with E-state index < -0.39 is 17.6 Å². The maximum atomic E-state index is 12.8. The topological polar surface area (TPSA) is 80.4 Å². The number of hydrogen-bond donors (Lipinski definition) is 0. The highest BCUT2D eigenvalue weighted by atomic mass is 16.6. The molecule has 0 aliphatic rings. The monoisotopic (exact) mass is 351 g/mol. The van der Waals surface area contributed by atoms with Crippen LogP contribution >= 0.6 is 0 Å². The maximum absolute atomic E-state index is 12.8. The van der Waals surface area contributed by atoms with Gasteiger partial charge in [-0.05, 0) is 45.0 Å². The number of rotatable bonds is 2. The molecule has 3 aromatic rings. The van der Waals surface area contributed by atoms with Crippen LogP contribution in [0.25, 0.3) is 10.9 Å². The molecule has 134 valence electrons. The lowest BCUT2D eigenvalue weighted by molar-refractivity contribution is -0.371. The van der Waals surface area contributed by atoms with E-state index in [0.29, 0.717) is 21.2 Å². The van der Waals surface area contributed by atoms with Crippen LogP contribution in [-0.4, -0.2) is 27.2 Å². The number of nitrogens with zero attached hydrogens (tertiary/aromatic N) is 2. The van der Waals surface area contributed by atoms with Crippen LogP contribution in [0.15, 0.2) is 54.6 Å². The van der Waals surface area contributed by atoms with Crippen LogP contribution < -0.4 is 5.11 Å². The Morgan fingerprint density at radius 3 is 2.35 bits per heavy atom. The normalized spacial score (nSPS) is 12.3. The van der Waals surface area contributed by atoms with Gasteiger partial charge in [0.15, 0.2) is 6.21 Å². The highest BCUT2D eigenvalue weighted by Crippen LogP contribution is 2.36. The molecule has 1 aromatic heterocycles. The summed E-state index contributed by atoms with van der Waals surface area (Å²) in [7, 11) is 0. The fourth-order valence-electron chi connectivity index (χ4n) is 2.64. The van der Waals surface area contributed by atoms with Gasteiger partial charge in [-0.3, -0.25) is 4.57 Å². The third-order valence-corrected chi connectivity index (χ3v) is 3.67. The molecule has 1 heterocycles. The largest absolute Gasteiger partial charge is 0.855 e. The van der Waals surface area contributed by atoms with Crippen LogP contribution in [-0.2, 0) is 4.74 Å². The summed E-state index contributed by atoms with van der Waals surface area (Å²) < 4.78 is 6.72. The zero-order chi connectivity index (χ0) is 18.9. The first-order valence-electron chi connectivity index (χ1n) is 8.18. The number of benzene rings is 2. The summed E-state index contributed by atoms with van der Waals surface area (Å²) in [5.41, 5.74) is 0.109. The zero-order valence-electron chi connectivity index (χ0n) is 14.8. The predicted molar refractivity (Wildman–Crippen MR) is 97.9 cm³/mol. The van der Waals surface area contributed by atoms with Crippen molar-refractivity contribution in [3.63, 3.8) is 0 Å². The molecule has 0 aliphatic heterocycles. The zero-order valence-corrected chi connectivity index (χ0v) is 14.8. The van der Waals surface area contributed by atoms with Gasteiger partial charge in [-0.1, -0.05) is 30.3 Å². The van der Waals surface area contributed by atoms with Crippen molar-refractivity contribution in [1.82, 2.24) is 4.57 Å². The van der Waals surface area contributed by atoms with Gasteiger partial charge in [-0.25, -0.2) is 4.79 Å². The van der Waals surface area contributed by atoms with E-state index in [-0.39, 0.29) is 5.69 Å². The van der Waals surface area contributed by atoms with Gasteiger partial charge in [0.1, 0.15) is 5.60 Å². The van der Waals surface area contributed by atoms with E-state index in [1.54, 1.807) is 69.3 Å².